The molecule has 5 atom stereocenters. The van der Waals surface area contributed by atoms with Crippen molar-refractivity contribution in [1.29, 1.82) is 0 Å². The monoisotopic (exact) mass is 578 g/mol. The van der Waals surface area contributed by atoms with Gasteiger partial charge >= 0.3 is 0 Å². The lowest BCUT2D eigenvalue weighted by atomic mass is 9.89. The fourth-order valence-corrected chi connectivity index (χ4v) is 5.37. The van der Waals surface area contributed by atoms with Crippen LogP contribution < -0.4 is 4.74 Å². The zero-order chi connectivity index (χ0) is 23.9. The van der Waals surface area contributed by atoms with Crippen molar-refractivity contribution >= 4 is 30.9 Å². The fourth-order valence-electron chi connectivity index (χ4n) is 3.54. The van der Waals surface area contributed by atoms with Gasteiger partial charge in [0.05, 0.1) is 44.6 Å². The molecule has 0 aliphatic carbocycles. The molecule has 0 saturated carbocycles. The molecule has 0 radical (unpaired) electrons. The third-order valence-corrected chi connectivity index (χ3v) is 11.4. The van der Waals surface area contributed by atoms with Crippen LogP contribution in [0.5, 0.6) is 5.75 Å². The van der Waals surface area contributed by atoms with Crippen molar-refractivity contribution < 1.29 is 28.5 Å². The number of ether oxygens (including phenoxy) is 4. The molecule has 6 nitrogen and oxygen atoms in total. The standard InChI is InChI=1S/C24H39IO6Si/c1-24(2,3)32(6,7)31-21-14-19(12-13-25)30-23(28-5)22(21)20(26)16-29-15-17-8-10-18(27-4)11-9-17/h8-13,19-23,26H,14-16H2,1-7H3/b13-12+/t19-,20-,21-,22+,23+/m1/s1. The average Bonchev–Trinajstić information content (AvgIpc) is 2.73. The molecule has 1 aliphatic heterocycles. The summed E-state index contributed by atoms with van der Waals surface area (Å²) in [5.74, 6) is 0.459. The van der Waals surface area contributed by atoms with Gasteiger partial charge in [0.2, 0.25) is 0 Å². The Bertz CT molecular complexity index is 718. The van der Waals surface area contributed by atoms with Crippen LogP contribution in [0.1, 0.15) is 32.8 Å². The Balaban J connectivity index is 2.12. The minimum atomic E-state index is -2.07. The smallest absolute Gasteiger partial charge is 0.192 e. The number of benzene rings is 1. The summed E-state index contributed by atoms with van der Waals surface area (Å²) in [6.45, 7) is 11.7. The zero-order valence-corrected chi connectivity index (χ0v) is 23.5. The van der Waals surface area contributed by atoms with Gasteiger partial charge in [0.25, 0.3) is 0 Å². The minimum Gasteiger partial charge on any atom is -0.497 e. The van der Waals surface area contributed by atoms with E-state index in [1.165, 1.54) is 0 Å². The Hall–Kier alpha value is -0.493. The molecule has 1 saturated heterocycles. The molecule has 0 bridgehead atoms. The van der Waals surface area contributed by atoms with E-state index in [0.717, 1.165) is 11.3 Å². The maximum absolute atomic E-state index is 11.1. The number of aliphatic hydroxyl groups is 1. The Kier molecular flexibility index (Phi) is 10.6. The first-order chi connectivity index (χ1) is 15.0. The Morgan fingerprint density at radius 2 is 1.88 bits per heavy atom. The number of methoxy groups -OCH3 is 2. The van der Waals surface area contributed by atoms with Gasteiger partial charge in [-0.2, -0.15) is 0 Å². The molecule has 182 valence electrons. The van der Waals surface area contributed by atoms with Crippen LogP contribution >= 0.6 is 22.6 Å². The molecule has 1 aromatic rings. The first-order valence-electron chi connectivity index (χ1n) is 11.0. The van der Waals surface area contributed by atoms with Gasteiger partial charge in [-0.25, -0.2) is 0 Å². The molecular formula is C24H39IO6Si. The normalized spacial score (nSPS) is 25.8. The number of hydrogen-bond donors (Lipinski definition) is 1. The second-order valence-electron chi connectivity index (χ2n) is 9.76. The molecular weight excluding hydrogens is 539 g/mol. The van der Waals surface area contributed by atoms with Crippen LogP contribution in [-0.2, 0) is 25.2 Å². The Labute approximate surface area is 207 Å². The molecule has 2 rings (SSSR count). The number of halogens is 1. The summed E-state index contributed by atoms with van der Waals surface area (Å²) >= 11 is 2.19. The van der Waals surface area contributed by atoms with E-state index in [1.807, 2.05) is 34.4 Å². The molecule has 1 aromatic carbocycles. The SMILES string of the molecule is COc1ccc(COC[C@@H](O)[C@@H]2[C@@H](OC)O[C@H](/C=C/I)C[C@H]2O[Si](C)(C)C(C)(C)C)cc1. The van der Waals surface area contributed by atoms with Crippen LogP contribution in [0.4, 0.5) is 0 Å². The molecule has 0 unspecified atom stereocenters. The number of hydrogen-bond acceptors (Lipinski definition) is 6. The Morgan fingerprint density at radius 1 is 1.22 bits per heavy atom. The van der Waals surface area contributed by atoms with E-state index in [-0.39, 0.29) is 29.8 Å². The molecule has 1 aliphatic rings. The summed E-state index contributed by atoms with van der Waals surface area (Å²) in [6.07, 6.45) is 1.03. The second kappa shape index (κ2) is 12.3. The molecule has 0 aromatic heterocycles. The maximum Gasteiger partial charge on any atom is 0.192 e. The predicted octanol–water partition coefficient (Wildman–Crippen LogP) is 5.29. The first-order valence-corrected chi connectivity index (χ1v) is 15.2. The molecule has 0 amide bonds. The third kappa shape index (κ3) is 7.51. The van der Waals surface area contributed by atoms with Crippen molar-refractivity contribution in [3.8, 4) is 5.75 Å². The van der Waals surface area contributed by atoms with Gasteiger partial charge in [0, 0.05) is 13.5 Å². The predicted molar refractivity (Wildman–Crippen MR) is 138 cm³/mol. The summed E-state index contributed by atoms with van der Waals surface area (Å²) in [6, 6.07) is 7.71. The summed E-state index contributed by atoms with van der Waals surface area (Å²) in [4.78, 5) is 0. The van der Waals surface area contributed by atoms with Crippen molar-refractivity contribution in [2.75, 3.05) is 20.8 Å². The van der Waals surface area contributed by atoms with Crippen LogP contribution in [0, 0.1) is 5.92 Å². The van der Waals surface area contributed by atoms with E-state index in [4.69, 9.17) is 23.4 Å². The summed E-state index contributed by atoms with van der Waals surface area (Å²) in [7, 11) is 1.19. The summed E-state index contributed by atoms with van der Waals surface area (Å²) in [5, 5.41) is 11.2. The molecule has 32 heavy (non-hydrogen) atoms. The maximum atomic E-state index is 11.1. The quantitative estimate of drug-likeness (QED) is 0.301. The molecule has 1 fully saturated rings. The van der Waals surface area contributed by atoms with E-state index >= 15 is 0 Å². The van der Waals surface area contributed by atoms with Gasteiger partial charge in [0.15, 0.2) is 14.6 Å². The lowest BCUT2D eigenvalue weighted by Gasteiger charge is -2.47. The first kappa shape index (κ1) is 27.7. The molecule has 0 spiro atoms. The van der Waals surface area contributed by atoms with Gasteiger partial charge in [0.1, 0.15) is 5.75 Å². The second-order valence-corrected chi connectivity index (χ2v) is 15.2. The van der Waals surface area contributed by atoms with Crippen molar-refractivity contribution in [1.82, 2.24) is 0 Å². The molecule has 1 N–H and O–H groups in total. The van der Waals surface area contributed by atoms with Crippen LogP contribution in [0.3, 0.4) is 0 Å². The van der Waals surface area contributed by atoms with Crippen molar-refractivity contribution in [2.45, 2.75) is 76.5 Å². The number of aliphatic hydroxyl groups excluding tert-OH is 1. The average molecular weight is 579 g/mol. The summed E-state index contributed by atoms with van der Waals surface area (Å²) in [5.41, 5.74) is 1.02. The van der Waals surface area contributed by atoms with Crippen LogP contribution in [-0.4, -0.2) is 58.9 Å². The highest BCUT2D eigenvalue weighted by Crippen LogP contribution is 2.41. The lowest BCUT2D eigenvalue weighted by Crippen LogP contribution is -2.56. The highest BCUT2D eigenvalue weighted by atomic mass is 127. The molecule has 8 heteroatoms. The van der Waals surface area contributed by atoms with Gasteiger partial charge in [-0.05, 0) is 46.0 Å². The third-order valence-electron chi connectivity index (χ3n) is 6.45. The topological polar surface area (TPSA) is 66.4 Å². The van der Waals surface area contributed by atoms with Crippen LogP contribution in [0.2, 0.25) is 18.1 Å². The van der Waals surface area contributed by atoms with Gasteiger partial charge in [-0.1, -0.05) is 55.5 Å². The number of rotatable bonds is 10. The highest BCUT2D eigenvalue weighted by Gasteiger charge is 2.48. The van der Waals surface area contributed by atoms with E-state index in [0.29, 0.717) is 13.0 Å². The van der Waals surface area contributed by atoms with Crippen molar-refractivity contribution in [2.24, 2.45) is 5.92 Å². The minimum absolute atomic E-state index is 0.0584. The van der Waals surface area contributed by atoms with E-state index < -0.39 is 20.7 Å². The molecule has 1 heterocycles. The lowest BCUT2D eigenvalue weighted by molar-refractivity contribution is -0.247. The van der Waals surface area contributed by atoms with Crippen LogP contribution in [0.15, 0.2) is 34.4 Å². The fraction of sp³-hybridized carbons (Fsp3) is 0.667. The largest absolute Gasteiger partial charge is 0.497 e. The van der Waals surface area contributed by atoms with Crippen molar-refractivity contribution in [3.05, 3.63) is 40.0 Å². The zero-order valence-electron chi connectivity index (χ0n) is 20.3. The Morgan fingerprint density at radius 3 is 2.41 bits per heavy atom. The van der Waals surface area contributed by atoms with Gasteiger partial charge in [-0.15, -0.1) is 0 Å². The highest BCUT2D eigenvalue weighted by molar-refractivity contribution is 14.1. The van der Waals surface area contributed by atoms with Gasteiger partial charge < -0.3 is 28.5 Å². The van der Waals surface area contributed by atoms with E-state index in [2.05, 4.69) is 56.5 Å². The van der Waals surface area contributed by atoms with Gasteiger partial charge in [-0.3, -0.25) is 0 Å². The van der Waals surface area contributed by atoms with E-state index in [1.54, 1.807) is 14.2 Å². The van der Waals surface area contributed by atoms with Crippen molar-refractivity contribution in [3.63, 3.8) is 0 Å². The van der Waals surface area contributed by atoms with Crippen LogP contribution in [0.25, 0.3) is 0 Å². The summed E-state index contributed by atoms with van der Waals surface area (Å²) < 4.78 is 31.6. The van der Waals surface area contributed by atoms with E-state index in [9.17, 15) is 5.11 Å².